The van der Waals surface area contributed by atoms with Gasteiger partial charge in [-0.05, 0) is 60.5 Å². The van der Waals surface area contributed by atoms with Crippen LogP contribution >= 0.6 is 27.5 Å². The molecule has 0 radical (unpaired) electrons. The van der Waals surface area contributed by atoms with Gasteiger partial charge in [0.1, 0.15) is 11.3 Å². The molecule has 1 aliphatic rings. The molecule has 7 heteroatoms. The van der Waals surface area contributed by atoms with E-state index in [1.807, 2.05) is 24.3 Å². The first kappa shape index (κ1) is 23.6. The third-order valence-corrected chi connectivity index (χ3v) is 6.86. The lowest BCUT2D eigenvalue weighted by Gasteiger charge is -2.25. The largest absolute Gasteiger partial charge is 0.494 e. The Morgan fingerprint density at radius 2 is 1.83 bits per heavy atom. The molecule has 5 rings (SSSR count). The molecule has 5 nitrogen and oxygen atoms in total. The van der Waals surface area contributed by atoms with E-state index in [2.05, 4.69) is 22.9 Å². The fraction of sp³-hybridized carbons (Fsp3) is 0.214. The van der Waals surface area contributed by atoms with Gasteiger partial charge in [-0.2, -0.15) is 0 Å². The molecule has 1 aliphatic heterocycles. The SMILES string of the molecule is CCCCCOc1ccc(C2c3c(oc4ccc(Br)cc4c3=O)C(=O)N2c2cccc(Cl)c2)cc1. The zero-order valence-corrected chi connectivity index (χ0v) is 21.4. The van der Waals surface area contributed by atoms with Gasteiger partial charge in [0.05, 0.1) is 23.6 Å². The zero-order valence-electron chi connectivity index (χ0n) is 19.1. The van der Waals surface area contributed by atoms with Crippen LogP contribution in [0.4, 0.5) is 5.69 Å². The van der Waals surface area contributed by atoms with Crippen LogP contribution in [0.3, 0.4) is 0 Å². The van der Waals surface area contributed by atoms with E-state index in [0.717, 1.165) is 35.0 Å². The van der Waals surface area contributed by atoms with Crippen molar-refractivity contribution in [2.45, 2.75) is 32.2 Å². The Bertz CT molecular complexity index is 1460. The number of anilines is 1. The Balaban J connectivity index is 1.63. The number of unbranched alkanes of at least 4 members (excludes halogenated alkanes) is 2. The van der Waals surface area contributed by atoms with Crippen LogP contribution in [0.25, 0.3) is 11.0 Å². The van der Waals surface area contributed by atoms with Gasteiger partial charge < -0.3 is 9.15 Å². The summed E-state index contributed by atoms with van der Waals surface area (Å²) in [7, 11) is 0. The highest BCUT2D eigenvalue weighted by atomic mass is 79.9. The second-order valence-electron chi connectivity index (χ2n) is 8.50. The first-order chi connectivity index (χ1) is 17.0. The van der Waals surface area contributed by atoms with Crippen molar-refractivity contribution in [3.05, 3.63) is 103 Å². The second-order valence-corrected chi connectivity index (χ2v) is 9.85. The molecular weight excluding hydrogens is 530 g/mol. The Morgan fingerprint density at radius 1 is 1.03 bits per heavy atom. The van der Waals surface area contributed by atoms with Crippen LogP contribution in [0, 0.1) is 0 Å². The Morgan fingerprint density at radius 3 is 2.57 bits per heavy atom. The summed E-state index contributed by atoms with van der Waals surface area (Å²) in [5.74, 6) is 0.418. The molecule has 178 valence electrons. The summed E-state index contributed by atoms with van der Waals surface area (Å²) in [4.78, 5) is 28.9. The van der Waals surface area contributed by atoms with Crippen LogP contribution in [-0.2, 0) is 0 Å². The summed E-state index contributed by atoms with van der Waals surface area (Å²) in [6.07, 6.45) is 3.24. The minimum Gasteiger partial charge on any atom is -0.494 e. The smallest absolute Gasteiger partial charge is 0.295 e. The van der Waals surface area contributed by atoms with Crippen LogP contribution in [0.1, 0.15) is 53.9 Å². The third kappa shape index (κ3) is 4.48. The maximum Gasteiger partial charge on any atom is 0.295 e. The van der Waals surface area contributed by atoms with Crippen LogP contribution in [0.15, 0.2) is 80.4 Å². The van der Waals surface area contributed by atoms with Crippen LogP contribution < -0.4 is 15.1 Å². The molecule has 1 unspecified atom stereocenters. The molecule has 1 aromatic heterocycles. The number of hydrogen-bond donors (Lipinski definition) is 0. The number of rotatable bonds is 7. The molecule has 0 saturated carbocycles. The van der Waals surface area contributed by atoms with Gasteiger partial charge in [0.15, 0.2) is 5.43 Å². The number of fused-ring (bicyclic) bond motifs is 2. The predicted octanol–water partition coefficient (Wildman–Crippen LogP) is 7.53. The topological polar surface area (TPSA) is 59.8 Å². The number of hydrogen-bond acceptors (Lipinski definition) is 4. The summed E-state index contributed by atoms with van der Waals surface area (Å²) in [6.45, 7) is 2.80. The highest BCUT2D eigenvalue weighted by Gasteiger charge is 2.43. The van der Waals surface area contributed by atoms with E-state index in [4.69, 9.17) is 20.8 Å². The number of amides is 1. The standard InChI is InChI=1S/C28H23BrClNO4/c1-2-3-4-14-34-21-11-8-17(9-12-21)25-24-26(32)22-15-18(29)10-13-23(22)35-27(24)28(33)31(25)20-7-5-6-19(30)16-20/h5-13,15-16,25H,2-4,14H2,1H3. The maximum atomic E-state index is 13.7. The van der Waals surface area contributed by atoms with Gasteiger partial charge in [-0.15, -0.1) is 0 Å². The van der Waals surface area contributed by atoms with Crippen molar-refractivity contribution in [3.8, 4) is 5.75 Å². The summed E-state index contributed by atoms with van der Waals surface area (Å²) in [6, 6.07) is 19.1. The number of carbonyl (C=O) groups is 1. The van der Waals surface area contributed by atoms with E-state index >= 15 is 0 Å². The normalized spacial score (nSPS) is 15.0. The molecule has 0 spiro atoms. The summed E-state index contributed by atoms with van der Waals surface area (Å²) in [5.41, 5.74) is 1.82. The molecule has 0 N–H and O–H groups in total. The summed E-state index contributed by atoms with van der Waals surface area (Å²) in [5, 5.41) is 0.911. The fourth-order valence-corrected chi connectivity index (χ4v) is 4.99. The van der Waals surface area contributed by atoms with Crippen LogP contribution in [0.5, 0.6) is 5.75 Å². The van der Waals surface area contributed by atoms with Crippen molar-refractivity contribution < 1.29 is 13.9 Å². The van der Waals surface area contributed by atoms with Gasteiger partial charge >= 0.3 is 0 Å². The van der Waals surface area contributed by atoms with E-state index in [1.165, 1.54) is 0 Å². The van der Waals surface area contributed by atoms with E-state index < -0.39 is 6.04 Å². The predicted molar refractivity (Wildman–Crippen MR) is 142 cm³/mol. The van der Waals surface area contributed by atoms with Gasteiger partial charge in [-0.1, -0.05) is 65.5 Å². The van der Waals surface area contributed by atoms with Crippen molar-refractivity contribution in [2.75, 3.05) is 11.5 Å². The molecule has 4 aromatic rings. The molecule has 3 aromatic carbocycles. The molecule has 0 saturated heterocycles. The highest BCUT2D eigenvalue weighted by Crippen LogP contribution is 2.42. The van der Waals surface area contributed by atoms with Gasteiger partial charge in [-0.25, -0.2) is 0 Å². The van der Waals surface area contributed by atoms with Gasteiger partial charge in [0.25, 0.3) is 5.91 Å². The van der Waals surface area contributed by atoms with Gasteiger partial charge in [-0.3, -0.25) is 14.5 Å². The van der Waals surface area contributed by atoms with E-state index in [1.54, 1.807) is 47.4 Å². The van der Waals surface area contributed by atoms with Gasteiger partial charge in [0, 0.05) is 15.2 Å². The number of halogens is 2. The van der Waals surface area contributed by atoms with Gasteiger partial charge in [0.2, 0.25) is 5.76 Å². The monoisotopic (exact) mass is 551 g/mol. The molecule has 0 bridgehead atoms. The first-order valence-corrected chi connectivity index (χ1v) is 12.7. The van der Waals surface area contributed by atoms with Crippen molar-refractivity contribution in [3.63, 3.8) is 0 Å². The summed E-state index contributed by atoms with van der Waals surface area (Å²) >= 11 is 9.68. The van der Waals surface area contributed by atoms with E-state index in [9.17, 15) is 9.59 Å². The molecular formula is C28H23BrClNO4. The molecule has 1 amide bonds. The minimum absolute atomic E-state index is 0.0506. The molecule has 0 fully saturated rings. The maximum absolute atomic E-state index is 13.7. The quantitative estimate of drug-likeness (QED) is 0.222. The molecule has 0 aliphatic carbocycles. The second kappa shape index (κ2) is 9.88. The van der Waals surface area contributed by atoms with Crippen LogP contribution in [-0.4, -0.2) is 12.5 Å². The van der Waals surface area contributed by atoms with Crippen molar-refractivity contribution >= 4 is 50.1 Å². The zero-order chi connectivity index (χ0) is 24.5. The first-order valence-electron chi connectivity index (χ1n) is 11.6. The number of nitrogens with zero attached hydrogens (tertiary/aromatic N) is 1. The Kier molecular flexibility index (Phi) is 6.67. The van der Waals surface area contributed by atoms with Crippen molar-refractivity contribution in [2.24, 2.45) is 0 Å². The molecule has 35 heavy (non-hydrogen) atoms. The van der Waals surface area contributed by atoms with E-state index in [-0.39, 0.29) is 17.1 Å². The highest BCUT2D eigenvalue weighted by molar-refractivity contribution is 9.10. The number of benzene rings is 3. The minimum atomic E-state index is -0.662. The average Bonchev–Trinajstić information content (AvgIpc) is 3.15. The Hall–Kier alpha value is -3.09. The lowest BCUT2D eigenvalue weighted by molar-refractivity contribution is 0.0971. The Labute approximate surface area is 216 Å². The molecule has 1 atom stereocenters. The van der Waals surface area contributed by atoms with E-state index in [0.29, 0.717) is 33.8 Å². The van der Waals surface area contributed by atoms with Crippen LogP contribution in [0.2, 0.25) is 5.02 Å². The fourth-order valence-electron chi connectivity index (χ4n) is 4.44. The van der Waals surface area contributed by atoms with Crippen molar-refractivity contribution in [1.29, 1.82) is 0 Å². The lowest BCUT2D eigenvalue weighted by atomic mass is 9.98. The third-order valence-electron chi connectivity index (χ3n) is 6.13. The summed E-state index contributed by atoms with van der Waals surface area (Å²) < 4.78 is 12.6. The number of ether oxygens (including phenoxy) is 1. The molecule has 2 heterocycles. The number of carbonyl (C=O) groups excluding carboxylic acids is 1. The average molecular weight is 553 g/mol. The lowest BCUT2D eigenvalue weighted by Crippen LogP contribution is -2.29. The van der Waals surface area contributed by atoms with Crippen molar-refractivity contribution in [1.82, 2.24) is 0 Å².